The van der Waals surface area contributed by atoms with Crippen LogP contribution in [-0.4, -0.2) is 50.0 Å². The third-order valence-corrected chi connectivity index (χ3v) is 6.35. The normalized spacial score (nSPS) is 28.9. The Hall–Kier alpha value is -1.54. The second-order valence-electron chi connectivity index (χ2n) is 5.90. The van der Waals surface area contributed by atoms with Gasteiger partial charge in [0, 0.05) is 9.62 Å². The van der Waals surface area contributed by atoms with E-state index in [2.05, 4.69) is 5.32 Å². The van der Waals surface area contributed by atoms with Crippen LogP contribution in [0.2, 0.25) is 0 Å². The molecule has 2 amide bonds. The first-order chi connectivity index (χ1) is 10.3. The van der Waals surface area contributed by atoms with Crippen molar-refractivity contribution in [3.8, 4) is 0 Å². The number of amides is 2. The highest BCUT2D eigenvalue weighted by Gasteiger charge is 2.64. The van der Waals surface area contributed by atoms with Gasteiger partial charge >= 0.3 is 5.97 Å². The molecule has 0 spiro atoms. The van der Waals surface area contributed by atoms with Crippen molar-refractivity contribution in [3.63, 3.8) is 0 Å². The van der Waals surface area contributed by atoms with E-state index in [-0.39, 0.29) is 23.6 Å². The summed E-state index contributed by atoms with van der Waals surface area (Å²) in [7, 11) is 0. The second kappa shape index (κ2) is 5.27. The number of nitrogens with one attached hydrogen (secondary N) is 1. The van der Waals surface area contributed by atoms with Crippen molar-refractivity contribution in [2.24, 2.45) is 0 Å². The molecule has 2 saturated heterocycles. The Balaban J connectivity index is 1.67. The molecule has 2 N–H and O–H groups in total. The van der Waals surface area contributed by atoms with Gasteiger partial charge in [-0.1, -0.05) is 6.07 Å². The Morgan fingerprint density at radius 3 is 2.77 bits per heavy atom. The molecule has 6 nitrogen and oxygen atoms in total. The van der Waals surface area contributed by atoms with Crippen LogP contribution in [0.5, 0.6) is 0 Å². The molecule has 118 valence electrons. The average molecular weight is 340 g/mol. The summed E-state index contributed by atoms with van der Waals surface area (Å²) < 4.78 is -0.570. The van der Waals surface area contributed by atoms with E-state index in [1.807, 2.05) is 31.4 Å². The number of carboxylic acids is 1. The molecule has 22 heavy (non-hydrogen) atoms. The fourth-order valence-corrected chi connectivity index (χ4v) is 5.27. The zero-order valence-corrected chi connectivity index (χ0v) is 13.7. The summed E-state index contributed by atoms with van der Waals surface area (Å²) in [5, 5.41) is 13.7. The Morgan fingerprint density at radius 1 is 1.45 bits per heavy atom. The number of thiophene rings is 1. The van der Waals surface area contributed by atoms with E-state index in [1.165, 1.54) is 28.0 Å². The van der Waals surface area contributed by atoms with Gasteiger partial charge in [-0.25, -0.2) is 4.79 Å². The van der Waals surface area contributed by atoms with Crippen molar-refractivity contribution in [1.29, 1.82) is 0 Å². The number of carbonyl (C=O) groups is 3. The highest BCUT2D eigenvalue weighted by Crippen LogP contribution is 2.50. The minimum Gasteiger partial charge on any atom is -0.480 e. The largest absolute Gasteiger partial charge is 0.480 e. The summed E-state index contributed by atoms with van der Waals surface area (Å²) in [5.74, 6) is -1.52. The van der Waals surface area contributed by atoms with E-state index in [9.17, 15) is 19.5 Å². The molecule has 2 aliphatic rings. The Bertz CT molecular complexity index is 629. The quantitative estimate of drug-likeness (QED) is 0.796. The van der Waals surface area contributed by atoms with Crippen molar-refractivity contribution >= 4 is 40.9 Å². The molecule has 0 bridgehead atoms. The highest BCUT2D eigenvalue weighted by molar-refractivity contribution is 8.01. The average Bonchev–Trinajstić information content (AvgIpc) is 3.00. The summed E-state index contributed by atoms with van der Waals surface area (Å²) in [5.41, 5.74) is 0. The van der Waals surface area contributed by atoms with Crippen LogP contribution < -0.4 is 5.32 Å². The number of thioether (sulfide) groups is 1. The number of β-lactam (4-membered cyclic amide) rings is 1. The lowest BCUT2D eigenvalue weighted by Crippen LogP contribution is -2.70. The third kappa shape index (κ3) is 2.40. The minimum atomic E-state index is -1.00. The van der Waals surface area contributed by atoms with E-state index in [4.69, 9.17) is 0 Å². The lowest BCUT2D eigenvalue weighted by Gasteiger charge is -2.43. The number of fused-ring (bicyclic) bond motifs is 1. The fourth-order valence-electron chi connectivity index (χ4n) is 2.94. The van der Waals surface area contributed by atoms with Crippen LogP contribution in [0.3, 0.4) is 0 Å². The first kappa shape index (κ1) is 15.4. The van der Waals surface area contributed by atoms with Crippen molar-refractivity contribution in [1.82, 2.24) is 10.2 Å². The predicted molar refractivity (Wildman–Crippen MR) is 83.7 cm³/mol. The molecule has 0 saturated carbocycles. The zero-order chi connectivity index (χ0) is 16.1. The van der Waals surface area contributed by atoms with Crippen LogP contribution in [0, 0.1) is 0 Å². The Labute approximate surface area is 135 Å². The van der Waals surface area contributed by atoms with E-state index < -0.39 is 22.8 Å². The second-order valence-corrected chi connectivity index (χ2v) is 8.70. The SMILES string of the molecule is CC1(C)S[C@@H]2[C@H](NC(=O)Cc3cccs3)C(=O)N2[C@H]1C(=O)O. The molecule has 0 aromatic carbocycles. The molecule has 0 aliphatic carbocycles. The molecule has 0 unspecified atom stereocenters. The smallest absolute Gasteiger partial charge is 0.327 e. The summed E-state index contributed by atoms with van der Waals surface area (Å²) in [4.78, 5) is 38.0. The summed E-state index contributed by atoms with van der Waals surface area (Å²) >= 11 is 2.92. The number of hydrogen-bond donors (Lipinski definition) is 2. The summed E-state index contributed by atoms with van der Waals surface area (Å²) in [6.45, 7) is 3.62. The molecule has 2 fully saturated rings. The number of rotatable bonds is 4. The number of carbonyl (C=O) groups excluding carboxylic acids is 2. The van der Waals surface area contributed by atoms with Gasteiger partial charge in [0.25, 0.3) is 0 Å². The third-order valence-electron chi connectivity index (χ3n) is 3.91. The maximum absolute atomic E-state index is 12.2. The molecule has 8 heteroatoms. The van der Waals surface area contributed by atoms with E-state index in [1.54, 1.807) is 0 Å². The van der Waals surface area contributed by atoms with Crippen LogP contribution in [0.4, 0.5) is 0 Å². The van der Waals surface area contributed by atoms with Crippen molar-refractivity contribution in [2.75, 3.05) is 0 Å². The maximum atomic E-state index is 12.2. The van der Waals surface area contributed by atoms with E-state index >= 15 is 0 Å². The molecule has 1 aromatic heterocycles. The minimum absolute atomic E-state index is 0.211. The number of hydrogen-bond acceptors (Lipinski definition) is 5. The lowest BCUT2D eigenvalue weighted by molar-refractivity contribution is -0.161. The van der Waals surface area contributed by atoms with E-state index in [0.717, 1.165) is 4.88 Å². The highest BCUT2D eigenvalue weighted by atomic mass is 32.2. The molecule has 1 aromatic rings. The van der Waals surface area contributed by atoms with Gasteiger partial charge in [0.1, 0.15) is 17.5 Å². The van der Waals surface area contributed by atoms with Crippen LogP contribution in [-0.2, 0) is 20.8 Å². The zero-order valence-electron chi connectivity index (χ0n) is 12.1. The Morgan fingerprint density at radius 2 is 2.18 bits per heavy atom. The van der Waals surface area contributed by atoms with Crippen LogP contribution in [0.15, 0.2) is 17.5 Å². The van der Waals surface area contributed by atoms with Gasteiger partial charge in [0.15, 0.2) is 0 Å². The molecule has 3 heterocycles. The number of aliphatic carboxylic acids is 1. The fraction of sp³-hybridized carbons (Fsp3) is 0.500. The molecule has 0 radical (unpaired) electrons. The van der Waals surface area contributed by atoms with Gasteiger partial charge in [-0.05, 0) is 25.3 Å². The lowest BCUT2D eigenvalue weighted by atomic mass is 9.96. The summed E-state index contributed by atoms with van der Waals surface area (Å²) in [6.07, 6.45) is 0.241. The van der Waals surface area contributed by atoms with Crippen LogP contribution in [0.1, 0.15) is 18.7 Å². The monoisotopic (exact) mass is 340 g/mol. The molecule has 3 atom stereocenters. The van der Waals surface area contributed by atoms with Gasteiger partial charge < -0.3 is 15.3 Å². The molecule has 3 rings (SSSR count). The molecule has 2 aliphatic heterocycles. The maximum Gasteiger partial charge on any atom is 0.327 e. The van der Waals surface area contributed by atoms with Crippen LogP contribution >= 0.6 is 23.1 Å². The van der Waals surface area contributed by atoms with E-state index in [0.29, 0.717) is 0 Å². The van der Waals surface area contributed by atoms with Gasteiger partial charge in [-0.15, -0.1) is 23.1 Å². The first-order valence-electron chi connectivity index (χ1n) is 6.86. The van der Waals surface area contributed by atoms with Gasteiger partial charge in [-0.3, -0.25) is 9.59 Å². The van der Waals surface area contributed by atoms with Gasteiger partial charge in [0.05, 0.1) is 6.42 Å². The van der Waals surface area contributed by atoms with Crippen molar-refractivity contribution < 1.29 is 19.5 Å². The van der Waals surface area contributed by atoms with Crippen molar-refractivity contribution in [2.45, 2.75) is 42.5 Å². The Kier molecular flexibility index (Phi) is 3.68. The molecular formula is C14H16N2O4S2. The number of nitrogens with zero attached hydrogens (tertiary/aromatic N) is 1. The van der Waals surface area contributed by atoms with Crippen LogP contribution in [0.25, 0.3) is 0 Å². The van der Waals surface area contributed by atoms with Gasteiger partial charge in [-0.2, -0.15) is 0 Å². The summed E-state index contributed by atoms with van der Waals surface area (Å²) in [6, 6.07) is 2.27. The first-order valence-corrected chi connectivity index (χ1v) is 8.62. The van der Waals surface area contributed by atoms with Crippen molar-refractivity contribution in [3.05, 3.63) is 22.4 Å². The number of carboxylic acid groups (broad SMARTS) is 1. The molecular weight excluding hydrogens is 324 g/mol. The van der Waals surface area contributed by atoms with Gasteiger partial charge in [0.2, 0.25) is 11.8 Å². The topological polar surface area (TPSA) is 86.7 Å². The standard InChI is InChI=1S/C14H16N2O4S2/c1-14(2)10(13(19)20)16-11(18)9(12(16)22-14)15-8(17)6-7-4-3-5-21-7/h3-5,9-10,12H,6H2,1-2H3,(H,15,17)(H,19,20)/t9-,10+,12-/m1/s1. The predicted octanol–water partition coefficient (Wildman–Crippen LogP) is 0.922.